The summed E-state index contributed by atoms with van der Waals surface area (Å²) in [5.41, 5.74) is 2.90. The molecule has 2 aromatic carbocycles. The van der Waals surface area contributed by atoms with Crippen LogP contribution in [0.5, 0.6) is 0 Å². The first-order valence-corrected chi connectivity index (χ1v) is 10.0. The van der Waals surface area contributed by atoms with Crippen molar-refractivity contribution in [2.75, 3.05) is 5.32 Å². The highest BCUT2D eigenvalue weighted by atomic mass is 35.5. The number of halogens is 1. The van der Waals surface area contributed by atoms with Gasteiger partial charge in [0.05, 0.1) is 11.4 Å². The van der Waals surface area contributed by atoms with Crippen molar-refractivity contribution in [2.24, 2.45) is 10.9 Å². The number of benzodiazepines with no additional fused rings is 1. The number of anilines is 1. The Morgan fingerprint density at radius 2 is 1.82 bits per heavy atom. The first-order valence-electron chi connectivity index (χ1n) is 9.66. The van der Waals surface area contributed by atoms with Crippen LogP contribution in [0, 0.1) is 5.92 Å². The lowest BCUT2D eigenvalue weighted by Crippen LogP contribution is -2.45. The number of amides is 2. The molecule has 2 aromatic rings. The van der Waals surface area contributed by atoms with Crippen molar-refractivity contribution in [3.63, 3.8) is 0 Å². The normalized spacial score (nSPS) is 19.8. The van der Waals surface area contributed by atoms with Crippen LogP contribution in [0.2, 0.25) is 5.02 Å². The maximum Gasteiger partial charge on any atom is 0.269 e. The monoisotopic (exact) mass is 395 g/mol. The van der Waals surface area contributed by atoms with Gasteiger partial charge in [-0.3, -0.25) is 9.59 Å². The van der Waals surface area contributed by atoms with Gasteiger partial charge in [-0.1, -0.05) is 61.2 Å². The van der Waals surface area contributed by atoms with E-state index in [0.29, 0.717) is 16.4 Å². The molecule has 0 aromatic heterocycles. The number of benzene rings is 2. The van der Waals surface area contributed by atoms with E-state index in [1.54, 1.807) is 12.1 Å². The molecule has 1 unspecified atom stereocenters. The molecule has 0 spiro atoms. The zero-order valence-corrected chi connectivity index (χ0v) is 16.2. The molecule has 144 valence electrons. The van der Waals surface area contributed by atoms with E-state index < -0.39 is 6.17 Å². The number of carbonyl (C=O) groups is 2. The number of aliphatic imine (C=N–C) groups is 1. The minimum atomic E-state index is -0.976. The molecular formula is C22H22ClN3O2. The molecule has 1 atom stereocenters. The Morgan fingerprint density at radius 3 is 2.57 bits per heavy atom. The first kappa shape index (κ1) is 18.7. The fourth-order valence-corrected chi connectivity index (χ4v) is 4.00. The SMILES string of the molecule is O=C(NC1N=C(c2ccccc2)c2ccc(Cl)cc2NC1=O)C1CCCCC1. The maximum atomic E-state index is 12.8. The minimum Gasteiger partial charge on any atom is -0.326 e. The first-order chi connectivity index (χ1) is 13.6. The minimum absolute atomic E-state index is 0.0444. The van der Waals surface area contributed by atoms with Gasteiger partial charge in [0, 0.05) is 22.1 Å². The summed E-state index contributed by atoms with van der Waals surface area (Å²) in [4.78, 5) is 30.2. The molecule has 0 radical (unpaired) electrons. The smallest absolute Gasteiger partial charge is 0.269 e. The van der Waals surface area contributed by atoms with E-state index in [0.717, 1.165) is 36.8 Å². The van der Waals surface area contributed by atoms with Crippen molar-refractivity contribution < 1.29 is 9.59 Å². The summed E-state index contributed by atoms with van der Waals surface area (Å²) < 4.78 is 0. The van der Waals surface area contributed by atoms with Gasteiger partial charge in [-0.2, -0.15) is 0 Å². The molecule has 1 heterocycles. The molecule has 4 rings (SSSR count). The second kappa shape index (κ2) is 8.15. The Bertz CT molecular complexity index is 921. The van der Waals surface area contributed by atoms with Crippen molar-refractivity contribution in [3.05, 3.63) is 64.7 Å². The molecule has 2 aliphatic rings. The van der Waals surface area contributed by atoms with Crippen LogP contribution in [0.3, 0.4) is 0 Å². The van der Waals surface area contributed by atoms with Crippen LogP contribution < -0.4 is 10.6 Å². The van der Waals surface area contributed by atoms with E-state index in [1.807, 2.05) is 36.4 Å². The molecule has 1 fully saturated rings. The van der Waals surface area contributed by atoms with Crippen LogP contribution in [0.25, 0.3) is 0 Å². The molecule has 5 nitrogen and oxygen atoms in total. The number of hydrogen-bond donors (Lipinski definition) is 2. The van der Waals surface area contributed by atoms with Crippen LogP contribution in [0.15, 0.2) is 53.5 Å². The van der Waals surface area contributed by atoms with Crippen molar-refractivity contribution in [2.45, 2.75) is 38.3 Å². The average molecular weight is 396 g/mol. The molecule has 1 aliphatic heterocycles. The summed E-state index contributed by atoms with van der Waals surface area (Å²) in [6.45, 7) is 0. The van der Waals surface area contributed by atoms with E-state index in [4.69, 9.17) is 11.6 Å². The van der Waals surface area contributed by atoms with Gasteiger partial charge in [0.2, 0.25) is 12.1 Å². The third-order valence-corrected chi connectivity index (χ3v) is 5.54. The van der Waals surface area contributed by atoms with Gasteiger partial charge in [0.15, 0.2) is 0 Å². The Labute approximate surface area is 169 Å². The van der Waals surface area contributed by atoms with E-state index in [-0.39, 0.29) is 17.7 Å². The highest BCUT2D eigenvalue weighted by Crippen LogP contribution is 2.28. The average Bonchev–Trinajstić information content (AvgIpc) is 2.85. The van der Waals surface area contributed by atoms with Crippen LogP contribution in [-0.4, -0.2) is 23.7 Å². The summed E-state index contributed by atoms with van der Waals surface area (Å²) in [5, 5.41) is 6.25. The molecule has 2 N–H and O–H groups in total. The van der Waals surface area contributed by atoms with Crippen LogP contribution >= 0.6 is 11.6 Å². The fourth-order valence-electron chi connectivity index (χ4n) is 3.83. The number of fused-ring (bicyclic) bond motifs is 1. The lowest BCUT2D eigenvalue weighted by Gasteiger charge is -2.22. The number of hydrogen-bond acceptors (Lipinski definition) is 3. The van der Waals surface area contributed by atoms with Crippen LogP contribution in [0.4, 0.5) is 5.69 Å². The lowest BCUT2D eigenvalue weighted by molar-refractivity contribution is -0.129. The number of rotatable bonds is 3. The molecule has 1 aliphatic carbocycles. The number of nitrogens with zero attached hydrogens (tertiary/aromatic N) is 1. The highest BCUT2D eigenvalue weighted by molar-refractivity contribution is 6.31. The maximum absolute atomic E-state index is 12.8. The lowest BCUT2D eigenvalue weighted by atomic mass is 9.88. The molecule has 1 saturated carbocycles. The molecular weight excluding hydrogens is 374 g/mol. The molecule has 0 saturated heterocycles. The Hall–Kier alpha value is -2.66. The van der Waals surface area contributed by atoms with Gasteiger partial charge < -0.3 is 10.6 Å². The highest BCUT2D eigenvalue weighted by Gasteiger charge is 2.30. The van der Waals surface area contributed by atoms with E-state index >= 15 is 0 Å². The topological polar surface area (TPSA) is 70.6 Å². The van der Waals surface area contributed by atoms with Crippen LogP contribution in [0.1, 0.15) is 43.2 Å². The summed E-state index contributed by atoms with van der Waals surface area (Å²) >= 11 is 6.13. The van der Waals surface area contributed by atoms with E-state index in [9.17, 15) is 9.59 Å². The second-order valence-electron chi connectivity index (χ2n) is 7.27. The van der Waals surface area contributed by atoms with E-state index in [2.05, 4.69) is 15.6 Å². The van der Waals surface area contributed by atoms with Gasteiger partial charge in [-0.05, 0) is 31.0 Å². The van der Waals surface area contributed by atoms with Crippen molar-refractivity contribution >= 4 is 34.8 Å². The van der Waals surface area contributed by atoms with Gasteiger partial charge in [0.1, 0.15) is 0 Å². The molecule has 28 heavy (non-hydrogen) atoms. The van der Waals surface area contributed by atoms with Gasteiger partial charge in [0.25, 0.3) is 5.91 Å². The third kappa shape index (κ3) is 3.94. The number of nitrogens with one attached hydrogen (secondary N) is 2. The molecule has 0 bridgehead atoms. The zero-order chi connectivity index (χ0) is 19.5. The second-order valence-corrected chi connectivity index (χ2v) is 7.71. The Kier molecular flexibility index (Phi) is 5.44. The summed E-state index contributed by atoms with van der Waals surface area (Å²) in [6, 6.07) is 15.0. The number of carbonyl (C=O) groups excluding carboxylic acids is 2. The zero-order valence-electron chi connectivity index (χ0n) is 15.5. The van der Waals surface area contributed by atoms with Gasteiger partial charge in [-0.15, -0.1) is 0 Å². The largest absolute Gasteiger partial charge is 0.326 e. The third-order valence-electron chi connectivity index (χ3n) is 5.30. The van der Waals surface area contributed by atoms with E-state index in [1.165, 1.54) is 6.42 Å². The Balaban J connectivity index is 1.70. The Morgan fingerprint density at radius 1 is 1.07 bits per heavy atom. The fraction of sp³-hybridized carbons (Fsp3) is 0.318. The molecule has 6 heteroatoms. The van der Waals surface area contributed by atoms with Crippen molar-refractivity contribution in [1.29, 1.82) is 0 Å². The van der Waals surface area contributed by atoms with Crippen molar-refractivity contribution in [1.82, 2.24) is 5.32 Å². The van der Waals surface area contributed by atoms with Gasteiger partial charge >= 0.3 is 0 Å². The predicted octanol–water partition coefficient (Wildman–Crippen LogP) is 4.15. The summed E-state index contributed by atoms with van der Waals surface area (Å²) in [5.74, 6) is -0.504. The standard InChI is InChI=1S/C22H22ClN3O2/c23-16-11-12-17-18(13-16)24-22(28)20(25-19(17)14-7-3-1-4-8-14)26-21(27)15-9-5-2-6-10-15/h1,3-4,7-8,11-13,15,20H,2,5-6,9-10H2,(H,24,28)(H,26,27). The van der Waals surface area contributed by atoms with Gasteiger partial charge in [-0.25, -0.2) is 4.99 Å². The summed E-state index contributed by atoms with van der Waals surface area (Å²) in [6.07, 6.45) is 4.03. The predicted molar refractivity (Wildman–Crippen MR) is 111 cm³/mol. The molecule has 2 amide bonds. The van der Waals surface area contributed by atoms with Crippen LogP contribution in [-0.2, 0) is 9.59 Å². The van der Waals surface area contributed by atoms with Crippen molar-refractivity contribution in [3.8, 4) is 0 Å². The summed E-state index contributed by atoms with van der Waals surface area (Å²) in [7, 11) is 0. The quantitative estimate of drug-likeness (QED) is 0.819.